The number of carbonyl (C=O) groups is 1. The van der Waals surface area contributed by atoms with E-state index < -0.39 is 0 Å². The van der Waals surface area contributed by atoms with Crippen LogP contribution < -0.4 is 0 Å². The lowest BCUT2D eigenvalue weighted by atomic mass is 9.85. The Balaban J connectivity index is 1.59. The highest BCUT2D eigenvalue weighted by Crippen LogP contribution is 2.42. The minimum atomic E-state index is -0.288. The van der Waals surface area contributed by atoms with Crippen molar-refractivity contribution in [1.82, 2.24) is 9.80 Å². The first-order valence-corrected chi connectivity index (χ1v) is 9.36. The van der Waals surface area contributed by atoms with Crippen molar-refractivity contribution >= 4 is 29.1 Å². The summed E-state index contributed by atoms with van der Waals surface area (Å²) < 4.78 is 0. The first-order chi connectivity index (χ1) is 11.1. The van der Waals surface area contributed by atoms with Gasteiger partial charge in [-0.25, -0.2) is 0 Å². The number of likely N-dealkylation sites (tertiary alicyclic amines) is 2. The summed E-state index contributed by atoms with van der Waals surface area (Å²) in [4.78, 5) is 17.7. The molecule has 1 aromatic rings. The van der Waals surface area contributed by atoms with Gasteiger partial charge in [-0.05, 0) is 62.8 Å². The van der Waals surface area contributed by atoms with Crippen LogP contribution in [0.4, 0.5) is 0 Å². The number of halogens is 2. The maximum absolute atomic E-state index is 13.2. The minimum absolute atomic E-state index is 0.288. The van der Waals surface area contributed by atoms with Crippen molar-refractivity contribution in [2.45, 2.75) is 56.7 Å². The molecule has 0 radical (unpaired) electrons. The van der Waals surface area contributed by atoms with Crippen LogP contribution in [-0.4, -0.2) is 40.4 Å². The van der Waals surface area contributed by atoms with Gasteiger partial charge in [-0.15, -0.1) is 0 Å². The van der Waals surface area contributed by atoms with Crippen LogP contribution in [0.1, 0.15) is 44.1 Å². The zero-order chi connectivity index (χ0) is 16.0. The monoisotopic (exact) mass is 352 g/mol. The molecule has 1 saturated carbocycles. The van der Waals surface area contributed by atoms with E-state index in [2.05, 4.69) is 9.80 Å². The first kappa shape index (κ1) is 15.7. The first-order valence-electron chi connectivity index (χ1n) is 8.60. The summed E-state index contributed by atoms with van der Waals surface area (Å²) in [6.07, 6.45) is 6.55. The molecule has 4 rings (SSSR count). The predicted octanol–water partition coefficient (Wildman–Crippen LogP) is 4.11. The highest BCUT2D eigenvalue weighted by Gasteiger charge is 2.52. The SMILES string of the molecule is O=C1N(C2CC2)CCCC12CCCN2Cc1ccc(Cl)cc1Cl. The summed E-state index contributed by atoms with van der Waals surface area (Å²) in [5.41, 5.74) is 0.776. The Morgan fingerprint density at radius 3 is 2.57 bits per heavy atom. The second-order valence-electron chi connectivity index (χ2n) is 7.13. The van der Waals surface area contributed by atoms with Gasteiger partial charge in [-0.3, -0.25) is 9.69 Å². The fourth-order valence-electron chi connectivity index (χ4n) is 4.30. The van der Waals surface area contributed by atoms with Gasteiger partial charge in [-0.2, -0.15) is 0 Å². The topological polar surface area (TPSA) is 23.6 Å². The van der Waals surface area contributed by atoms with Crippen LogP contribution >= 0.6 is 23.2 Å². The summed E-state index contributed by atoms with van der Waals surface area (Å²) >= 11 is 12.4. The van der Waals surface area contributed by atoms with Crippen LogP contribution in [0, 0.1) is 0 Å². The predicted molar refractivity (Wildman–Crippen MR) is 92.8 cm³/mol. The van der Waals surface area contributed by atoms with E-state index in [-0.39, 0.29) is 5.54 Å². The van der Waals surface area contributed by atoms with Gasteiger partial charge in [0.25, 0.3) is 0 Å². The van der Waals surface area contributed by atoms with Crippen molar-refractivity contribution < 1.29 is 4.79 Å². The number of nitrogens with zero attached hydrogens (tertiary/aromatic N) is 2. The summed E-state index contributed by atoms with van der Waals surface area (Å²) in [6, 6.07) is 6.18. The number of amides is 1. The van der Waals surface area contributed by atoms with Crippen LogP contribution in [0.25, 0.3) is 0 Å². The third-order valence-electron chi connectivity index (χ3n) is 5.64. The van der Waals surface area contributed by atoms with Gasteiger partial charge in [0.2, 0.25) is 5.91 Å². The molecule has 23 heavy (non-hydrogen) atoms. The summed E-state index contributed by atoms with van der Waals surface area (Å²) in [5.74, 6) is 0.369. The fourth-order valence-corrected chi connectivity index (χ4v) is 4.77. The van der Waals surface area contributed by atoms with Gasteiger partial charge in [0.15, 0.2) is 0 Å². The van der Waals surface area contributed by atoms with Gasteiger partial charge in [0.05, 0.1) is 0 Å². The molecule has 1 aliphatic carbocycles. The number of hydrogen-bond donors (Lipinski definition) is 0. The van der Waals surface area contributed by atoms with Crippen LogP contribution in [0.5, 0.6) is 0 Å². The summed E-state index contributed by atoms with van der Waals surface area (Å²) in [7, 11) is 0. The third kappa shape index (κ3) is 2.77. The van der Waals surface area contributed by atoms with Gasteiger partial charge < -0.3 is 4.90 Å². The van der Waals surface area contributed by atoms with Crippen LogP contribution in [0.2, 0.25) is 10.0 Å². The molecule has 124 valence electrons. The molecule has 3 fully saturated rings. The lowest BCUT2D eigenvalue weighted by molar-refractivity contribution is -0.148. The molecular weight excluding hydrogens is 331 g/mol. The number of rotatable bonds is 3. The van der Waals surface area contributed by atoms with Gasteiger partial charge in [0.1, 0.15) is 5.54 Å². The Labute approximate surface area is 147 Å². The van der Waals surface area contributed by atoms with E-state index in [9.17, 15) is 4.79 Å². The molecule has 1 unspecified atom stereocenters. The van der Waals surface area contributed by atoms with Crippen molar-refractivity contribution in [1.29, 1.82) is 0 Å². The summed E-state index contributed by atoms with van der Waals surface area (Å²) in [6.45, 7) is 2.66. The molecular formula is C18H22Cl2N2O. The van der Waals surface area contributed by atoms with Gasteiger partial charge in [0, 0.05) is 29.2 Å². The Morgan fingerprint density at radius 1 is 1.13 bits per heavy atom. The van der Waals surface area contributed by atoms with E-state index >= 15 is 0 Å². The lowest BCUT2D eigenvalue weighted by Crippen LogP contribution is -2.60. The van der Waals surface area contributed by atoms with Crippen LogP contribution in [0.15, 0.2) is 18.2 Å². The van der Waals surface area contributed by atoms with E-state index in [0.717, 1.165) is 50.9 Å². The van der Waals surface area contributed by atoms with Crippen LogP contribution in [0.3, 0.4) is 0 Å². The Morgan fingerprint density at radius 2 is 1.87 bits per heavy atom. The number of hydrogen-bond acceptors (Lipinski definition) is 2. The molecule has 1 aromatic carbocycles. The molecule has 1 atom stereocenters. The number of benzene rings is 1. The second kappa shape index (κ2) is 5.94. The largest absolute Gasteiger partial charge is 0.338 e. The zero-order valence-electron chi connectivity index (χ0n) is 13.2. The molecule has 5 heteroatoms. The molecule has 1 amide bonds. The van der Waals surface area contributed by atoms with Crippen molar-refractivity contribution in [3.63, 3.8) is 0 Å². The molecule has 2 heterocycles. The smallest absolute Gasteiger partial charge is 0.243 e. The van der Waals surface area contributed by atoms with Gasteiger partial charge in [-0.1, -0.05) is 29.3 Å². The van der Waals surface area contributed by atoms with Crippen molar-refractivity contribution in [3.8, 4) is 0 Å². The summed E-state index contributed by atoms with van der Waals surface area (Å²) in [5, 5.41) is 1.35. The van der Waals surface area contributed by atoms with Crippen molar-refractivity contribution in [2.24, 2.45) is 0 Å². The number of piperidine rings is 1. The molecule has 3 aliphatic rings. The molecule has 0 bridgehead atoms. The molecule has 2 aliphatic heterocycles. The molecule has 2 saturated heterocycles. The average molecular weight is 353 g/mol. The average Bonchev–Trinajstić information content (AvgIpc) is 3.28. The molecule has 0 aromatic heterocycles. The maximum atomic E-state index is 13.2. The zero-order valence-corrected chi connectivity index (χ0v) is 14.7. The standard InChI is InChI=1S/C18H22Cl2N2O/c19-14-4-3-13(16(20)11-14)12-21-9-1-7-18(21)8-2-10-22(17(18)23)15-5-6-15/h3-4,11,15H,1-2,5-10,12H2. The van der Waals surface area contributed by atoms with Crippen LogP contribution in [-0.2, 0) is 11.3 Å². The van der Waals surface area contributed by atoms with Gasteiger partial charge >= 0.3 is 0 Å². The molecule has 1 spiro atoms. The van der Waals surface area contributed by atoms with E-state index in [4.69, 9.17) is 23.2 Å². The van der Waals surface area contributed by atoms with E-state index in [1.165, 1.54) is 12.8 Å². The van der Waals surface area contributed by atoms with E-state index in [1.54, 1.807) is 6.07 Å². The maximum Gasteiger partial charge on any atom is 0.243 e. The Bertz CT molecular complexity index is 631. The van der Waals surface area contributed by atoms with E-state index in [1.807, 2.05) is 12.1 Å². The number of carbonyl (C=O) groups excluding carboxylic acids is 1. The Kier molecular flexibility index (Phi) is 4.07. The fraction of sp³-hybridized carbons (Fsp3) is 0.611. The quantitative estimate of drug-likeness (QED) is 0.816. The Hall–Kier alpha value is -0.770. The van der Waals surface area contributed by atoms with Crippen molar-refractivity contribution in [2.75, 3.05) is 13.1 Å². The third-order valence-corrected chi connectivity index (χ3v) is 6.22. The minimum Gasteiger partial charge on any atom is -0.338 e. The van der Waals surface area contributed by atoms with E-state index in [0.29, 0.717) is 22.0 Å². The highest BCUT2D eigenvalue weighted by atomic mass is 35.5. The second-order valence-corrected chi connectivity index (χ2v) is 7.97. The molecule has 3 nitrogen and oxygen atoms in total. The normalized spacial score (nSPS) is 28.8. The van der Waals surface area contributed by atoms with Crippen molar-refractivity contribution in [3.05, 3.63) is 33.8 Å². The lowest BCUT2D eigenvalue weighted by Gasteiger charge is -2.45. The highest BCUT2D eigenvalue weighted by molar-refractivity contribution is 6.35. The molecule has 0 N–H and O–H groups in total.